The van der Waals surface area contributed by atoms with Crippen LogP contribution in [0.15, 0.2) is 24.3 Å². The maximum Gasteiger partial charge on any atom is 0.261 e. The highest BCUT2D eigenvalue weighted by Gasteiger charge is 2.35. The second-order valence-electron chi connectivity index (χ2n) is 5.63. The van der Waals surface area contributed by atoms with Crippen molar-refractivity contribution in [2.75, 3.05) is 6.54 Å². The molecule has 3 rings (SSSR count). The predicted molar refractivity (Wildman–Crippen MR) is 80.7 cm³/mol. The lowest BCUT2D eigenvalue weighted by atomic mass is 10.1. The average molecular weight is 329 g/mol. The van der Waals surface area contributed by atoms with E-state index in [0.717, 1.165) is 4.90 Å². The molecule has 0 saturated carbocycles. The van der Waals surface area contributed by atoms with Crippen molar-refractivity contribution in [3.8, 4) is 0 Å². The number of nitrogens with zero attached hydrogens (tertiary/aromatic N) is 1. The first-order valence-corrected chi connectivity index (χ1v) is 7.55. The van der Waals surface area contributed by atoms with E-state index >= 15 is 0 Å². The Morgan fingerprint density at radius 3 is 2.33 bits per heavy atom. The van der Waals surface area contributed by atoms with Gasteiger partial charge in [-0.2, -0.15) is 0 Å². The summed E-state index contributed by atoms with van der Waals surface area (Å²) < 4.78 is 0. The average Bonchev–Trinajstić information content (AvgIpc) is 2.80. The SMILES string of the molecule is O=C1CCC(NC(=O)CCN2C(=O)c3ccccc3C2=O)C(=O)N1. The summed E-state index contributed by atoms with van der Waals surface area (Å²) in [7, 11) is 0. The molecule has 1 aromatic rings. The summed E-state index contributed by atoms with van der Waals surface area (Å²) in [6.45, 7) is -0.0640. The van der Waals surface area contributed by atoms with Gasteiger partial charge in [0.2, 0.25) is 17.7 Å². The number of imide groups is 2. The van der Waals surface area contributed by atoms with Gasteiger partial charge in [0.05, 0.1) is 11.1 Å². The van der Waals surface area contributed by atoms with E-state index in [4.69, 9.17) is 0 Å². The van der Waals surface area contributed by atoms with Crippen molar-refractivity contribution < 1.29 is 24.0 Å². The number of nitrogens with one attached hydrogen (secondary N) is 2. The van der Waals surface area contributed by atoms with E-state index in [1.54, 1.807) is 24.3 Å². The Morgan fingerprint density at radius 2 is 1.75 bits per heavy atom. The van der Waals surface area contributed by atoms with Gasteiger partial charge in [0.15, 0.2) is 0 Å². The molecule has 24 heavy (non-hydrogen) atoms. The first kappa shape index (κ1) is 15.9. The van der Waals surface area contributed by atoms with Crippen LogP contribution in [0.3, 0.4) is 0 Å². The van der Waals surface area contributed by atoms with Gasteiger partial charge in [-0.15, -0.1) is 0 Å². The fraction of sp³-hybridized carbons (Fsp3) is 0.312. The third kappa shape index (κ3) is 2.90. The third-order valence-corrected chi connectivity index (χ3v) is 4.02. The lowest BCUT2D eigenvalue weighted by Crippen LogP contribution is -2.52. The predicted octanol–water partition coefficient (Wildman–Crippen LogP) is -0.406. The van der Waals surface area contributed by atoms with Crippen molar-refractivity contribution in [3.05, 3.63) is 35.4 Å². The minimum atomic E-state index is -0.766. The maximum absolute atomic E-state index is 12.2. The van der Waals surface area contributed by atoms with Crippen LogP contribution < -0.4 is 10.6 Å². The molecule has 5 amide bonds. The van der Waals surface area contributed by atoms with Crippen molar-refractivity contribution in [2.24, 2.45) is 0 Å². The smallest absolute Gasteiger partial charge is 0.261 e. The Balaban J connectivity index is 1.56. The molecule has 124 valence electrons. The highest BCUT2D eigenvalue weighted by atomic mass is 16.2. The Bertz CT molecular complexity index is 723. The zero-order valence-corrected chi connectivity index (χ0v) is 12.7. The number of carbonyl (C=O) groups is 5. The summed E-state index contributed by atoms with van der Waals surface area (Å²) in [6, 6.07) is 5.71. The molecule has 0 bridgehead atoms. The van der Waals surface area contributed by atoms with Gasteiger partial charge < -0.3 is 5.32 Å². The summed E-state index contributed by atoms with van der Waals surface area (Å²) in [6.07, 6.45) is 0.293. The van der Waals surface area contributed by atoms with Crippen LogP contribution in [0.25, 0.3) is 0 Å². The van der Waals surface area contributed by atoms with Gasteiger partial charge in [-0.1, -0.05) is 12.1 Å². The van der Waals surface area contributed by atoms with Crippen molar-refractivity contribution in [1.82, 2.24) is 15.5 Å². The Hall–Kier alpha value is -3.03. The van der Waals surface area contributed by atoms with Crippen molar-refractivity contribution in [2.45, 2.75) is 25.3 Å². The van der Waals surface area contributed by atoms with Gasteiger partial charge >= 0.3 is 0 Å². The number of amides is 5. The van der Waals surface area contributed by atoms with Crippen LogP contribution in [0, 0.1) is 0 Å². The molecule has 2 heterocycles. The Kier molecular flexibility index (Phi) is 4.11. The quantitative estimate of drug-likeness (QED) is 0.730. The van der Waals surface area contributed by atoms with Crippen LogP contribution in [-0.2, 0) is 14.4 Å². The number of hydrogen-bond donors (Lipinski definition) is 2. The molecule has 2 aliphatic heterocycles. The summed E-state index contributed by atoms with van der Waals surface area (Å²) in [5.41, 5.74) is 0.654. The van der Waals surface area contributed by atoms with E-state index in [1.807, 2.05) is 0 Å². The number of benzene rings is 1. The van der Waals surface area contributed by atoms with Gasteiger partial charge in [0.1, 0.15) is 6.04 Å². The number of rotatable bonds is 4. The number of hydrogen-bond acceptors (Lipinski definition) is 5. The van der Waals surface area contributed by atoms with Crippen LogP contribution in [0.2, 0.25) is 0 Å². The monoisotopic (exact) mass is 329 g/mol. The lowest BCUT2D eigenvalue weighted by Gasteiger charge is -2.22. The van der Waals surface area contributed by atoms with Crippen LogP contribution >= 0.6 is 0 Å². The molecule has 8 heteroatoms. The van der Waals surface area contributed by atoms with Gasteiger partial charge in [-0.25, -0.2) is 0 Å². The van der Waals surface area contributed by atoms with Crippen molar-refractivity contribution in [3.63, 3.8) is 0 Å². The van der Waals surface area contributed by atoms with E-state index in [0.29, 0.717) is 11.1 Å². The molecule has 1 atom stereocenters. The number of piperidine rings is 1. The molecule has 0 aliphatic carbocycles. The van der Waals surface area contributed by atoms with Crippen LogP contribution in [0.4, 0.5) is 0 Å². The zero-order chi connectivity index (χ0) is 17.3. The van der Waals surface area contributed by atoms with Crippen molar-refractivity contribution >= 4 is 29.5 Å². The van der Waals surface area contributed by atoms with Gasteiger partial charge in [-0.3, -0.25) is 34.2 Å². The molecule has 1 unspecified atom stereocenters. The molecule has 8 nitrogen and oxygen atoms in total. The van der Waals surface area contributed by atoms with Gasteiger partial charge in [0.25, 0.3) is 11.8 Å². The second-order valence-corrected chi connectivity index (χ2v) is 5.63. The van der Waals surface area contributed by atoms with Gasteiger partial charge in [-0.05, 0) is 18.6 Å². The summed E-state index contributed by atoms with van der Waals surface area (Å²) >= 11 is 0. The van der Waals surface area contributed by atoms with E-state index in [-0.39, 0.29) is 31.7 Å². The molecule has 2 N–H and O–H groups in total. The molecule has 1 fully saturated rings. The highest BCUT2D eigenvalue weighted by molar-refractivity contribution is 6.21. The van der Waals surface area contributed by atoms with Gasteiger partial charge in [0, 0.05) is 19.4 Å². The first-order valence-electron chi connectivity index (χ1n) is 7.55. The number of fused-ring (bicyclic) bond motifs is 1. The molecule has 1 saturated heterocycles. The van der Waals surface area contributed by atoms with Crippen molar-refractivity contribution in [1.29, 1.82) is 0 Å². The van der Waals surface area contributed by atoms with Crippen LogP contribution in [0.5, 0.6) is 0 Å². The summed E-state index contributed by atoms with van der Waals surface area (Å²) in [5, 5.41) is 4.66. The summed E-state index contributed by atoms with van der Waals surface area (Å²) in [4.78, 5) is 60.0. The van der Waals surface area contributed by atoms with Crippen LogP contribution in [-0.4, -0.2) is 47.0 Å². The van der Waals surface area contributed by atoms with E-state index < -0.39 is 29.7 Å². The van der Waals surface area contributed by atoms with E-state index in [9.17, 15) is 24.0 Å². The molecular formula is C16H15N3O5. The summed E-state index contributed by atoms with van der Waals surface area (Å²) in [5.74, 6) is -2.22. The molecule has 0 aromatic heterocycles. The minimum absolute atomic E-state index is 0.0640. The Labute approximate surface area is 137 Å². The second kappa shape index (κ2) is 6.23. The minimum Gasteiger partial charge on any atom is -0.344 e. The molecule has 0 spiro atoms. The molecule has 1 aromatic carbocycles. The molecule has 2 aliphatic rings. The standard InChI is InChI=1S/C16H15N3O5/c20-12-6-5-11(14(22)18-12)17-13(21)7-8-19-15(23)9-3-1-2-4-10(9)16(19)24/h1-4,11H,5-8H2,(H,17,21)(H,18,20,22). The first-order chi connectivity index (χ1) is 11.5. The maximum atomic E-state index is 12.2. The van der Waals surface area contributed by atoms with Crippen LogP contribution in [0.1, 0.15) is 40.0 Å². The number of carbonyl (C=O) groups excluding carboxylic acids is 5. The molecule has 0 radical (unpaired) electrons. The normalized spacial score (nSPS) is 20.0. The fourth-order valence-electron chi connectivity index (χ4n) is 2.75. The fourth-order valence-corrected chi connectivity index (χ4v) is 2.75. The molecular weight excluding hydrogens is 314 g/mol. The topological polar surface area (TPSA) is 113 Å². The highest BCUT2D eigenvalue weighted by Crippen LogP contribution is 2.22. The Morgan fingerprint density at radius 1 is 1.12 bits per heavy atom. The van der Waals surface area contributed by atoms with E-state index in [1.165, 1.54) is 0 Å². The largest absolute Gasteiger partial charge is 0.344 e. The third-order valence-electron chi connectivity index (χ3n) is 4.02. The van der Waals surface area contributed by atoms with E-state index in [2.05, 4.69) is 10.6 Å². The lowest BCUT2D eigenvalue weighted by molar-refractivity contribution is -0.137. The zero-order valence-electron chi connectivity index (χ0n) is 12.7.